The highest BCUT2D eigenvalue weighted by atomic mass is 19.4. The first-order valence-electron chi connectivity index (χ1n) is 5.07. The van der Waals surface area contributed by atoms with Crippen molar-refractivity contribution in [2.75, 3.05) is 6.56 Å². The summed E-state index contributed by atoms with van der Waals surface area (Å²) >= 11 is 0. The van der Waals surface area contributed by atoms with E-state index in [2.05, 4.69) is 0 Å². The number of rotatable bonds is 3. The van der Waals surface area contributed by atoms with Gasteiger partial charge in [0.1, 0.15) is 0 Å². The zero-order valence-electron chi connectivity index (χ0n) is 9.30. The topological polar surface area (TPSA) is 20.2 Å². The van der Waals surface area contributed by atoms with E-state index in [4.69, 9.17) is 7.85 Å². The molecule has 0 atom stereocenters. The normalized spacial score (nSPS) is 14.9. The fourth-order valence-corrected chi connectivity index (χ4v) is 1.10. The van der Waals surface area contributed by atoms with Crippen LogP contribution in [-0.4, -0.2) is 11.7 Å². The second-order valence-electron chi connectivity index (χ2n) is 2.86. The maximum Gasteiger partial charge on any atom is 0.416 e. The maximum atomic E-state index is 12.3. The molecule has 1 N–H and O–H groups in total. The van der Waals surface area contributed by atoms with Gasteiger partial charge in [-0.3, -0.25) is 0 Å². The molecule has 0 bridgehead atoms. The van der Waals surface area contributed by atoms with Crippen LogP contribution >= 0.6 is 0 Å². The molecule has 1 nitrogen and oxygen atoms in total. The van der Waals surface area contributed by atoms with Gasteiger partial charge in [-0.2, -0.15) is 13.2 Å². The standard InChI is InChI=1S/C10H11F3O/c11-10(12,13)9-5-1-3-8(7-9)4-2-6-14/h1,3,5,7,14H,2,4,6H2/i6D2. The molecule has 1 aromatic rings. The van der Waals surface area contributed by atoms with E-state index in [0.717, 1.165) is 12.1 Å². The van der Waals surface area contributed by atoms with Crippen LogP contribution in [0.5, 0.6) is 0 Å². The van der Waals surface area contributed by atoms with E-state index in [1.54, 1.807) is 0 Å². The fraction of sp³-hybridized carbons (Fsp3) is 0.400. The van der Waals surface area contributed by atoms with Gasteiger partial charge in [-0.25, -0.2) is 0 Å². The van der Waals surface area contributed by atoms with Gasteiger partial charge in [0.05, 0.1) is 8.30 Å². The lowest BCUT2D eigenvalue weighted by molar-refractivity contribution is -0.137. The molecule has 0 fully saturated rings. The molecule has 0 aromatic heterocycles. The third-order valence-corrected chi connectivity index (χ3v) is 1.78. The first-order valence-corrected chi connectivity index (χ1v) is 4.07. The number of alkyl halides is 3. The highest BCUT2D eigenvalue weighted by Gasteiger charge is 2.30. The van der Waals surface area contributed by atoms with Crippen LogP contribution in [0, 0.1) is 0 Å². The maximum absolute atomic E-state index is 12.3. The largest absolute Gasteiger partial charge is 0.416 e. The Morgan fingerprint density at radius 1 is 1.36 bits per heavy atom. The molecule has 0 amide bonds. The Kier molecular flexibility index (Phi) is 2.64. The van der Waals surface area contributed by atoms with Gasteiger partial charge < -0.3 is 5.11 Å². The van der Waals surface area contributed by atoms with Crippen molar-refractivity contribution >= 4 is 0 Å². The number of aliphatic hydroxyl groups is 1. The second-order valence-corrected chi connectivity index (χ2v) is 2.86. The second kappa shape index (κ2) is 4.46. The SMILES string of the molecule is [2H]C([2H])(O)CCc1cccc(C(F)(F)F)c1. The summed E-state index contributed by atoms with van der Waals surface area (Å²) in [5.41, 5.74) is -0.406. The molecule has 0 heterocycles. The molecule has 1 rings (SSSR count). The summed E-state index contributed by atoms with van der Waals surface area (Å²) in [5.74, 6) is 0. The summed E-state index contributed by atoms with van der Waals surface area (Å²) in [6, 6.07) is 4.66. The molecule has 0 aliphatic carbocycles. The summed E-state index contributed by atoms with van der Waals surface area (Å²) in [7, 11) is 0. The molecule has 0 saturated heterocycles. The van der Waals surface area contributed by atoms with E-state index in [9.17, 15) is 13.2 Å². The Balaban J connectivity index is 2.76. The van der Waals surface area contributed by atoms with Crippen molar-refractivity contribution in [2.24, 2.45) is 0 Å². The molecule has 0 aliphatic rings. The average molecular weight is 206 g/mol. The molecular weight excluding hydrogens is 193 g/mol. The van der Waals surface area contributed by atoms with Crippen molar-refractivity contribution < 1.29 is 21.0 Å². The summed E-state index contributed by atoms with van der Waals surface area (Å²) < 4.78 is 50.7. The van der Waals surface area contributed by atoms with Gasteiger partial charge in [0.2, 0.25) is 0 Å². The van der Waals surface area contributed by atoms with Crippen LogP contribution in [0.3, 0.4) is 0 Å². The molecular formula is C10H11F3O. The molecule has 78 valence electrons. The molecule has 0 aliphatic heterocycles. The van der Waals surface area contributed by atoms with Gasteiger partial charge in [0.15, 0.2) is 0 Å². The van der Waals surface area contributed by atoms with Crippen LogP contribution in [0.1, 0.15) is 20.3 Å². The van der Waals surface area contributed by atoms with Crippen molar-refractivity contribution in [1.82, 2.24) is 0 Å². The minimum Gasteiger partial charge on any atom is -0.396 e. The number of halogens is 3. The molecule has 1 aromatic carbocycles. The highest BCUT2D eigenvalue weighted by Crippen LogP contribution is 2.29. The minimum absolute atomic E-state index is 0.0629. The predicted octanol–water partition coefficient (Wildman–Crippen LogP) is 2.63. The van der Waals surface area contributed by atoms with E-state index in [0.29, 0.717) is 5.56 Å². The van der Waals surface area contributed by atoms with Gasteiger partial charge in [-0.15, -0.1) is 0 Å². The molecule has 0 unspecified atom stereocenters. The van der Waals surface area contributed by atoms with Crippen LogP contribution in [0.25, 0.3) is 0 Å². The van der Waals surface area contributed by atoms with Crippen molar-refractivity contribution in [2.45, 2.75) is 19.0 Å². The average Bonchev–Trinajstić information content (AvgIpc) is 2.13. The number of aryl methyl sites for hydroxylation is 1. The smallest absolute Gasteiger partial charge is 0.396 e. The van der Waals surface area contributed by atoms with E-state index in [1.165, 1.54) is 12.1 Å². The van der Waals surface area contributed by atoms with Crippen molar-refractivity contribution in [3.05, 3.63) is 35.4 Å². The third kappa shape index (κ3) is 3.03. The molecule has 14 heavy (non-hydrogen) atoms. The van der Waals surface area contributed by atoms with E-state index < -0.39 is 18.3 Å². The molecule has 0 saturated carbocycles. The van der Waals surface area contributed by atoms with Crippen molar-refractivity contribution in [3.8, 4) is 0 Å². The Morgan fingerprint density at radius 3 is 2.64 bits per heavy atom. The summed E-state index contributed by atoms with van der Waals surface area (Å²) in [4.78, 5) is 0. The monoisotopic (exact) mass is 206 g/mol. The molecule has 0 radical (unpaired) electrons. The number of hydrogen-bond acceptors (Lipinski definition) is 1. The lowest BCUT2D eigenvalue weighted by atomic mass is 10.1. The Morgan fingerprint density at radius 2 is 2.07 bits per heavy atom. The van der Waals surface area contributed by atoms with Crippen LogP contribution < -0.4 is 0 Å². The first kappa shape index (κ1) is 8.29. The van der Waals surface area contributed by atoms with Crippen LogP contribution in [-0.2, 0) is 12.6 Å². The number of benzene rings is 1. The predicted molar refractivity (Wildman–Crippen MR) is 46.9 cm³/mol. The Labute approximate surface area is 83.0 Å². The van der Waals surface area contributed by atoms with Crippen LogP contribution in [0.4, 0.5) is 13.2 Å². The van der Waals surface area contributed by atoms with E-state index >= 15 is 0 Å². The van der Waals surface area contributed by atoms with Crippen LogP contribution in [0.15, 0.2) is 24.3 Å². The van der Waals surface area contributed by atoms with Gasteiger partial charge >= 0.3 is 6.18 Å². The molecule has 4 heteroatoms. The van der Waals surface area contributed by atoms with Gasteiger partial charge in [-0.05, 0) is 24.5 Å². The molecule has 0 spiro atoms. The summed E-state index contributed by atoms with van der Waals surface area (Å²) in [6.45, 7) is -2.35. The fourth-order valence-electron chi connectivity index (χ4n) is 1.10. The van der Waals surface area contributed by atoms with Gasteiger partial charge in [0.25, 0.3) is 0 Å². The quantitative estimate of drug-likeness (QED) is 0.806. The van der Waals surface area contributed by atoms with Gasteiger partial charge in [-0.1, -0.05) is 18.2 Å². The van der Waals surface area contributed by atoms with E-state index in [1.807, 2.05) is 0 Å². The van der Waals surface area contributed by atoms with Gasteiger partial charge in [0, 0.05) is 6.56 Å². The first-order chi connectivity index (χ1) is 7.18. The highest BCUT2D eigenvalue weighted by molar-refractivity contribution is 5.25. The Bertz CT molecular complexity index is 358. The minimum atomic E-state index is -4.39. The summed E-state index contributed by atoms with van der Waals surface area (Å²) in [5, 5.41) is 8.82. The lowest BCUT2D eigenvalue weighted by Crippen LogP contribution is -2.05. The lowest BCUT2D eigenvalue weighted by Gasteiger charge is -2.07. The Hall–Kier alpha value is -1.03. The van der Waals surface area contributed by atoms with Crippen LogP contribution in [0.2, 0.25) is 0 Å². The van der Waals surface area contributed by atoms with Crippen molar-refractivity contribution in [1.29, 1.82) is 0 Å². The van der Waals surface area contributed by atoms with E-state index in [-0.39, 0.29) is 12.8 Å². The zero-order chi connectivity index (χ0) is 12.4. The number of hydrogen-bond donors (Lipinski definition) is 1. The summed E-state index contributed by atoms with van der Waals surface area (Å²) in [6.07, 6.45) is -4.56. The third-order valence-electron chi connectivity index (χ3n) is 1.78. The zero-order valence-corrected chi connectivity index (χ0v) is 7.30. The van der Waals surface area contributed by atoms with Crippen molar-refractivity contribution in [3.63, 3.8) is 0 Å².